The number of rotatable bonds is 1. The van der Waals surface area contributed by atoms with Crippen LogP contribution in [0.25, 0.3) is 6.08 Å². The average molecular weight is 280 g/mol. The van der Waals surface area contributed by atoms with Crippen LogP contribution in [-0.2, 0) is 6.18 Å². The van der Waals surface area contributed by atoms with Crippen LogP contribution in [0.5, 0.6) is 0 Å². The summed E-state index contributed by atoms with van der Waals surface area (Å²) in [5.74, 6) is 0. The fourth-order valence-electron chi connectivity index (χ4n) is 1.10. The van der Waals surface area contributed by atoms with Gasteiger partial charge in [-0.25, -0.2) is 0 Å². The number of nitrogens with two attached hydrogens (primary N) is 1. The average Bonchev–Trinajstić information content (AvgIpc) is 2.05. The molecule has 82 valence electrons. The predicted molar refractivity (Wildman–Crippen MR) is 58.4 cm³/mol. The molecule has 0 heterocycles. The van der Waals surface area contributed by atoms with Gasteiger partial charge in [0.05, 0.1) is 5.56 Å². The maximum absolute atomic E-state index is 12.3. The first-order valence-electron chi connectivity index (χ1n) is 4.11. The van der Waals surface area contributed by atoms with Crippen LogP contribution in [0.4, 0.5) is 18.9 Å². The lowest BCUT2D eigenvalue weighted by molar-refractivity contribution is -0.137. The molecule has 0 aromatic heterocycles. The SMILES string of the molecule is C/C(Br)=C/c1ccc(C(F)(F)F)cc1N. The minimum absolute atomic E-state index is 0.114. The summed E-state index contributed by atoms with van der Waals surface area (Å²) in [6.07, 6.45) is -2.69. The van der Waals surface area contributed by atoms with Gasteiger partial charge in [-0.2, -0.15) is 13.2 Å². The third kappa shape index (κ3) is 3.27. The first kappa shape index (κ1) is 12.1. The lowest BCUT2D eigenvalue weighted by atomic mass is 10.1. The molecule has 0 spiro atoms. The quantitative estimate of drug-likeness (QED) is 0.772. The molecule has 0 saturated heterocycles. The molecule has 15 heavy (non-hydrogen) atoms. The highest BCUT2D eigenvalue weighted by atomic mass is 79.9. The van der Waals surface area contributed by atoms with Gasteiger partial charge < -0.3 is 5.73 Å². The number of hydrogen-bond acceptors (Lipinski definition) is 1. The van der Waals surface area contributed by atoms with E-state index in [-0.39, 0.29) is 5.69 Å². The molecule has 0 atom stereocenters. The third-order valence-corrected chi connectivity index (χ3v) is 2.00. The van der Waals surface area contributed by atoms with Gasteiger partial charge in [-0.15, -0.1) is 0 Å². The number of benzene rings is 1. The van der Waals surface area contributed by atoms with Gasteiger partial charge in [0, 0.05) is 5.69 Å². The Bertz CT molecular complexity index is 392. The van der Waals surface area contributed by atoms with E-state index in [1.807, 2.05) is 0 Å². The molecule has 0 saturated carbocycles. The zero-order valence-corrected chi connectivity index (χ0v) is 9.48. The van der Waals surface area contributed by atoms with Crippen molar-refractivity contribution in [1.29, 1.82) is 0 Å². The van der Waals surface area contributed by atoms with Gasteiger partial charge in [0.25, 0.3) is 0 Å². The van der Waals surface area contributed by atoms with Crippen LogP contribution in [0, 0.1) is 0 Å². The Balaban J connectivity index is 3.15. The summed E-state index contributed by atoms with van der Waals surface area (Å²) in [5.41, 5.74) is 5.45. The molecule has 1 aromatic rings. The lowest BCUT2D eigenvalue weighted by Crippen LogP contribution is -2.05. The maximum atomic E-state index is 12.3. The number of nitrogen functional groups attached to an aromatic ring is 1. The van der Waals surface area contributed by atoms with Crippen molar-refractivity contribution in [3.8, 4) is 0 Å². The lowest BCUT2D eigenvalue weighted by Gasteiger charge is -2.08. The van der Waals surface area contributed by atoms with E-state index >= 15 is 0 Å². The largest absolute Gasteiger partial charge is 0.416 e. The van der Waals surface area contributed by atoms with Crippen molar-refractivity contribution >= 4 is 27.7 Å². The summed E-state index contributed by atoms with van der Waals surface area (Å²) in [4.78, 5) is 0. The second-order valence-corrected chi connectivity index (χ2v) is 4.32. The van der Waals surface area contributed by atoms with E-state index in [1.165, 1.54) is 6.07 Å². The highest BCUT2D eigenvalue weighted by Crippen LogP contribution is 2.31. The zero-order valence-electron chi connectivity index (χ0n) is 7.90. The molecule has 5 heteroatoms. The molecule has 1 nitrogen and oxygen atoms in total. The molecule has 1 rings (SSSR count). The fraction of sp³-hybridized carbons (Fsp3) is 0.200. The highest BCUT2D eigenvalue weighted by Gasteiger charge is 2.30. The van der Waals surface area contributed by atoms with E-state index < -0.39 is 11.7 Å². The van der Waals surface area contributed by atoms with E-state index in [0.29, 0.717) is 5.56 Å². The molecular formula is C10H9BrF3N. The van der Waals surface area contributed by atoms with Gasteiger partial charge in [0.15, 0.2) is 0 Å². The first-order chi connectivity index (χ1) is 6.80. The first-order valence-corrected chi connectivity index (χ1v) is 4.90. The van der Waals surface area contributed by atoms with Crippen LogP contribution in [0.2, 0.25) is 0 Å². The number of anilines is 1. The van der Waals surface area contributed by atoms with Crippen molar-refractivity contribution in [2.45, 2.75) is 13.1 Å². The van der Waals surface area contributed by atoms with E-state index in [2.05, 4.69) is 15.9 Å². The van der Waals surface area contributed by atoms with Crippen molar-refractivity contribution in [3.05, 3.63) is 33.8 Å². The number of alkyl halides is 3. The van der Waals surface area contributed by atoms with Crippen molar-refractivity contribution in [2.75, 3.05) is 5.73 Å². The smallest absolute Gasteiger partial charge is 0.398 e. The van der Waals surface area contributed by atoms with Crippen molar-refractivity contribution < 1.29 is 13.2 Å². The summed E-state index contributed by atoms with van der Waals surface area (Å²) >= 11 is 3.19. The molecule has 0 unspecified atom stereocenters. The van der Waals surface area contributed by atoms with E-state index in [4.69, 9.17) is 5.73 Å². The predicted octanol–water partition coefficient (Wildman–Crippen LogP) is 4.04. The van der Waals surface area contributed by atoms with Gasteiger partial charge in [0.1, 0.15) is 0 Å². The Morgan fingerprint density at radius 2 is 2.00 bits per heavy atom. The Morgan fingerprint density at radius 1 is 1.40 bits per heavy atom. The molecule has 0 amide bonds. The van der Waals surface area contributed by atoms with Crippen LogP contribution in [0.15, 0.2) is 22.7 Å². The Morgan fingerprint density at radius 3 is 2.40 bits per heavy atom. The third-order valence-electron chi connectivity index (χ3n) is 1.77. The summed E-state index contributed by atoms with van der Waals surface area (Å²) < 4.78 is 37.6. The number of halogens is 4. The minimum Gasteiger partial charge on any atom is -0.398 e. The molecular weight excluding hydrogens is 271 g/mol. The Labute approximate surface area is 93.9 Å². The molecule has 0 bridgehead atoms. The van der Waals surface area contributed by atoms with Gasteiger partial charge in [0.2, 0.25) is 0 Å². The number of allylic oxidation sites excluding steroid dienone is 1. The van der Waals surface area contributed by atoms with Crippen molar-refractivity contribution in [2.24, 2.45) is 0 Å². The highest BCUT2D eigenvalue weighted by molar-refractivity contribution is 9.11. The van der Waals surface area contributed by atoms with Gasteiger partial charge in [-0.3, -0.25) is 0 Å². The summed E-state index contributed by atoms with van der Waals surface area (Å²) in [6.45, 7) is 1.77. The molecule has 0 aliphatic carbocycles. The number of hydrogen-bond donors (Lipinski definition) is 1. The van der Waals surface area contributed by atoms with Gasteiger partial charge in [-0.1, -0.05) is 22.0 Å². The summed E-state index contributed by atoms with van der Waals surface area (Å²) in [6, 6.07) is 3.29. The zero-order chi connectivity index (χ0) is 11.6. The second-order valence-electron chi connectivity index (χ2n) is 3.07. The normalized spacial score (nSPS) is 13.0. The van der Waals surface area contributed by atoms with Gasteiger partial charge in [-0.05, 0) is 35.2 Å². The standard InChI is InChI=1S/C10H9BrF3N/c1-6(11)4-7-2-3-8(5-9(7)15)10(12,13)14/h2-5H,15H2,1H3/b6-4-. The Kier molecular flexibility index (Phi) is 3.44. The Hall–Kier alpha value is -0.970. The van der Waals surface area contributed by atoms with Crippen LogP contribution in [0.3, 0.4) is 0 Å². The van der Waals surface area contributed by atoms with Crippen LogP contribution in [-0.4, -0.2) is 0 Å². The van der Waals surface area contributed by atoms with E-state index in [0.717, 1.165) is 16.6 Å². The van der Waals surface area contributed by atoms with E-state index in [1.54, 1.807) is 13.0 Å². The summed E-state index contributed by atoms with van der Waals surface area (Å²) in [7, 11) is 0. The van der Waals surface area contributed by atoms with Gasteiger partial charge >= 0.3 is 6.18 Å². The van der Waals surface area contributed by atoms with Crippen LogP contribution < -0.4 is 5.73 Å². The molecule has 1 aromatic carbocycles. The van der Waals surface area contributed by atoms with Crippen molar-refractivity contribution in [1.82, 2.24) is 0 Å². The second kappa shape index (κ2) is 4.26. The minimum atomic E-state index is -4.35. The topological polar surface area (TPSA) is 26.0 Å². The molecule has 2 N–H and O–H groups in total. The molecule has 0 aliphatic heterocycles. The summed E-state index contributed by atoms with van der Waals surface area (Å²) in [5, 5.41) is 0. The fourth-order valence-corrected chi connectivity index (χ4v) is 1.34. The molecule has 0 aliphatic rings. The van der Waals surface area contributed by atoms with Crippen molar-refractivity contribution in [3.63, 3.8) is 0 Å². The van der Waals surface area contributed by atoms with E-state index in [9.17, 15) is 13.2 Å². The monoisotopic (exact) mass is 279 g/mol. The van der Waals surface area contributed by atoms with Crippen LogP contribution >= 0.6 is 15.9 Å². The maximum Gasteiger partial charge on any atom is 0.416 e. The van der Waals surface area contributed by atoms with Crippen LogP contribution in [0.1, 0.15) is 18.1 Å². The molecule has 0 radical (unpaired) electrons. The molecule has 0 fully saturated rings.